The molecule has 4 heteroatoms. The summed E-state index contributed by atoms with van der Waals surface area (Å²) < 4.78 is 5.82. The maximum atomic E-state index is 11.6. The van der Waals surface area contributed by atoms with E-state index in [1.165, 1.54) is 6.26 Å². The molecule has 0 unspecified atom stereocenters. The number of carbonyl (C=O) groups excluding carboxylic acids is 1. The fourth-order valence-electron chi connectivity index (χ4n) is 1.15. The lowest BCUT2D eigenvalue weighted by Crippen LogP contribution is -2.10. The van der Waals surface area contributed by atoms with Crippen molar-refractivity contribution in [3.05, 3.63) is 52.9 Å². The van der Waals surface area contributed by atoms with Crippen LogP contribution in [-0.2, 0) is 0 Å². The Labute approximate surface area is 95.2 Å². The minimum atomic E-state index is -0.257. The molecule has 2 aromatic rings. The Kier molecular flexibility index (Phi) is 2.87. The van der Waals surface area contributed by atoms with Gasteiger partial charge in [0.2, 0.25) is 0 Å². The highest BCUT2D eigenvalue weighted by Crippen LogP contribution is 2.21. The number of anilines is 1. The number of para-hydroxylation sites is 1. The fraction of sp³-hybridized carbons (Fsp3) is 0. The van der Waals surface area contributed by atoms with Crippen molar-refractivity contribution in [2.24, 2.45) is 0 Å². The minimum Gasteiger partial charge on any atom is -0.459 e. The van der Waals surface area contributed by atoms with Gasteiger partial charge in [-0.15, -0.1) is 0 Å². The van der Waals surface area contributed by atoms with Crippen molar-refractivity contribution >= 4 is 27.5 Å². The van der Waals surface area contributed by atoms with E-state index in [-0.39, 0.29) is 5.91 Å². The van der Waals surface area contributed by atoms with Gasteiger partial charge in [0.25, 0.3) is 5.91 Å². The topological polar surface area (TPSA) is 42.2 Å². The molecule has 0 fully saturated rings. The zero-order chi connectivity index (χ0) is 10.7. The lowest BCUT2D eigenvalue weighted by Gasteiger charge is -2.04. The predicted molar refractivity (Wildman–Crippen MR) is 60.8 cm³/mol. The van der Waals surface area contributed by atoms with E-state index in [2.05, 4.69) is 21.2 Å². The second-order valence-corrected chi connectivity index (χ2v) is 3.77. The molecule has 2 rings (SSSR count). The van der Waals surface area contributed by atoms with Gasteiger partial charge in [-0.1, -0.05) is 12.1 Å². The van der Waals surface area contributed by atoms with Crippen LogP contribution in [-0.4, -0.2) is 5.91 Å². The highest BCUT2D eigenvalue weighted by Gasteiger charge is 2.09. The normalized spacial score (nSPS) is 9.93. The Morgan fingerprint density at radius 2 is 2.00 bits per heavy atom. The summed E-state index contributed by atoms with van der Waals surface area (Å²) >= 11 is 3.34. The van der Waals surface area contributed by atoms with Crippen LogP contribution < -0.4 is 5.32 Å². The lowest BCUT2D eigenvalue weighted by molar-refractivity contribution is 0.0996. The molecule has 1 N–H and O–H groups in total. The molecule has 15 heavy (non-hydrogen) atoms. The third-order valence-corrected chi connectivity index (χ3v) is 2.56. The highest BCUT2D eigenvalue weighted by molar-refractivity contribution is 9.10. The van der Waals surface area contributed by atoms with Gasteiger partial charge < -0.3 is 9.73 Å². The van der Waals surface area contributed by atoms with Crippen LogP contribution in [0.25, 0.3) is 0 Å². The first kappa shape index (κ1) is 9.98. The first-order chi connectivity index (χ1) is 7.27. The second kappa shape index (κ2) is 4.31. The van der Waals surface area contributed by atoms with Crippen molar-refractivity contribution in [2.45, 2.75) is 0 Å². The van der Waals surface area contributed by atoms with Gasteiger partial charge in [0.15, 0.2) is 5.76 Å². The number of rotatable bonds is 2. The molecular formula is C11H8BrNO2. The molecule has 0 aliphatic carbocycles. The van der Waals surface area contributed by atoms with Crippen molar-refractivity contribution in [1.82, 2.24) is 0 Å². The van der Waals surface area contributed by atoms with E-state index in [4.69, 9.17) is 4.42 Å². The van der Waals surface area contributed by atoms with Gasteiger partial charge in [-0.05, 0) is 40.2 Å². The SMILES string of the molecule is O=C(Nc1ccccc1Br)c1ccco1. The average molecular weight is 266 g/mol. The maximum absolute atomic E-state index is 11.6. The van der Waals surface area contributed by atoms with E-state index in [9.17, 15) is 4.79 Å². The van der Waals surface area contributed by atoms with Crippen LogP contribution in [0.4, 0.5) is 5.69 Å². The smallest absolute Gasteiger partial charge is 0.291 e. The van der Waals surface area contributed by atoms with E-state index in [1.54, 1.807) is 12.1 Å². The highest BCUT2D eigenvalue weighted by atomic mass is 79.9. The summed E-state index contributed by atoms with van der Waals surface area (Å²) in [6.07, 6.45) is 1.47. The molecule has 1 heterocycles. The molecule has 3 nitrogen and oxygen atoms in total. The molecule has 0 aliphatic rings. The Hall–Kier alpha value is -1.55. The fourth-order valence-corrected chi connectivity index (χ4v) is 1.54. The van der Waals surface area contributed by atoms with Gasteiger partial charge in [0.05, 0.1) is 12.0 Å². The number of hydrogen-bond acceptors (Lipinski definition) is 2. The number of halogens is 1. The van der Waals surface area contributed by atoms with E-state index >= 15 is 0 Å². The quantitative estimate of drug-likeness (QED) is 0.906. The molecule has 0 atom stereocenters. The largest absolute Gasteiger partial charge is 0.459 e. The number of furan rings is 1. The van der Waals surface area contributed by atoms with Crippen LogP contribution in [0.2, 0.25) is 0 Å². The maximum Gasteiger partial charge on any atom is 0.291 e. The molecule has 0 aliphatic heterocycles. The van der Waals surface area contributed by atoms with E-state index < -0.39 is 0 Å². The van der Waals surface area contributed by atoms with Gasteiger partial charge in [-0.2, -0.15) is 0 Å². The summed E-state index contributed by atoms with van der Waals surface area (Å²) in [4.78, 5) is 11.6. The Morgan fingerprint density at radius 1 is 1.20 bits per heavy atom. The molecule has 1 aromatic carbocycles. The van der Waals surface area contributed by atoms with Crippen LogP contribution in [0, 0.1) is 0 Å². The summed E-state index contributed by atoms with van der Waals surface area (Å²) in [6, 6.07) is 10.7. The Balaban J connectivity index is 2.17. The standard InChI is InChI=1S/C11H8BrNO2/c12-8-4-1-2-5-9(8)13-11(14)10-6-3-7-15-10/h1-7H,(H,13,14). The van der Waals surface area contributed by atoms with E-state index in [1.807, 2.05) is 24.3 Å². The van der Waals surface area contributed by atoms with E-state index in [0.717, 1.165) is 10.2 Å². The molecule has 0 saturated heterocycles. The number of benzene rings is 1. The lowest BCUT2D eigenvalue weighted by atomic mass is 10.3. The van der Waals surface area contributed by atoms with Crippen LogP contribution in [0.3, 0.4) is 0 Å². The first-order valence-corrected chi connectivity index (χ1v) is 5.16. The summed E-state index contributed by atoms with van der Waals surface area (Å²) in [7, 11) is 0. The number of carbonyl (C=O) groups is 1. The summed E-state index contributed by atoms with van der Waals surface area (Å²) in [5.41, 5.74) is 0.721. The zero-order valence-electron chi connectivity index (χ0n) is 7.74. The van der Waals surface area contributed by atoms with Crippen LogP contribution in [0.1, 0.15) is 10.6 Å². The van der Waals surface area contributed by atoms with Crippen molar-refractivity contribution in [1.29, 1.82) is 0 Å². The number of amides is 1. The van der Waals surface area contributed by atoms with E-state index in [0.29, 0.717) is 5.76 Å². The molecule has 0 saturated carbocycles. The Bertz CT molecular complexity index is 465. The molecule has 1 aromatic heterocycles. The van der Waals surface area contributed by atoms with Crippen LogP contribution in [0.15, 0.2) is 51.6 Å². The molecule has 0 bridgehead atoms. The number of hydrogen-bond donors (Lipinski definition) is 1. The van der Waals surface area contributed by atoms with Gasteiger partial charge in [-0.25, -0.2) is 0 Å². The summed E-state index contributed by atoms with van der Waals surface area (Å²) in [5.74, 6) is 0.0395. The van der Waals surface area contributed by atoms with Gasteiger partial charge >= 0.3 is 0 Å². The minimum absolute atomic E-state index is 0.257. The average Bonchev–Trinajstić information content (AvgIpc) is 2.74. The first-order valence-electron chi connectivity index (χ1n) is 4.37. The van der Waals surface area contributed by atoms with Crippen LogP contribution in [0.5, 0.6) is 0 Å². The third-order valence-electron chi connectivity index (χ3n) is 1.87. The zero-order valence-corrected chi connectivity index (χ0v) is 9.32. The summed E-state index contributed by atoms with van der Waals surface area (Å²) in [6.45, 7) is 0. The van der Waals surface area contributed by atoms with Crippen LogP contribution >= 0.6 is 15.9 Å². The monoisotopic (exact) mass is 265 g/mol. The van der Waals surface area contributed by atoms with Crippen molar-refractivity contribution in [2.75, 3.05) is 5.32 Å². The predicted octanol–water partition coefficient (Wildman–Crippen LogP) is 3.29. The third kappa shape index (κ3) is 2.27. The van der Waals surface area contributed by atoms with Crippen molar-refractivity contribution in [3.63, 3.8) is 0 Å². The molecule has 0 spiro atoms. The van der Waals surface area contributed by atoms with Crippen molar-refractivity contribution < 1.29 is 9.21 Å². The van der Waals surface area contributed by atoms with Gasteiger partial charge in [0.1, 0.15) is 0 Å². The number of nitrogens with one attached hydrogen (secondary N) is 1. The van der Waals surface area contributed by atoms with Crippen molar-refractivity contribution in [3.8, 4) is 0 Å². The summed E-state index contributed by atoms with van der Waals surface area (Å²) in [5, 5.41) is 2.73. The van der Waals surface area contributed by atoms with Gasteiger partial charge in [0, 0.05) is 4.47 Å². The molecule has 0 radical (unpaired) electrons. The van der Waals surface area contributed by atoms with Gasteiger partial charge in [-0.3, -0.25) is 4.79 Å². The molecule has 76 valence electrons. The Morgan fingerprint density at radius 3 is 2.67 bits per heavy atom. The molecular weight excluding hydrogens is 258 g/mol. The second-order valence-electron chi connectivity index (χ2n) is 2.91. The molecule has 1 amide bonds.